The third-order valence-electron chi connectivity index (χ3n) is 5.07. The van der Waals surface area contributed by atoms with Crippen LogP contribution in [0, 0.1) is 0 Å². The molecule has 2 aromatic carbocycles. The number of amidine groups is 1. The van der Waals surface area contributed by atoms with Gasteiger partial charge in [0.25, 0.3) is 5.56 Å². The van der Waals surface area contributed by atoms with E-state index < -0.39 is 11.6 Å². The number of nitrogens with zero attached hydrogens (tertiary/aromatic N) is 4. The quantitative estimate of drug-likeness (QED) is 0.374. The SMILES string of the molecule is C=C1NC(=O)N(c2cc(Cl)c(Oc3n[nH]c(=O)cc3-c3cnc4ccccc4c3)c(Cl)c2)N=C1N. The summed E-state index contributed by atoms with van der Waals surface area (Å²) in [5.41, 5.74) is 7.54. The van der Waals surface area contributed by atoms with Gasteiger partial charge in [-0.05, 0) is 24.3 Å². The molecule has 10 nitrogen and oxygen atoms in total. The number of aromatic amines is 1. The van der Waals surface area contributed by atoms with Gasteiger partial charge < -0.3 is 15.8 Å². The molecule has 12 heteroatoms. The lowest BCUT2D eigenvalue weighted by atomic mass is 10.1. The molecule has 0 atom stereocenters. The fraction of sp³-hybridized carbons (Fsp3) is 0. The van der Waals surface area contributed by atoms with Crippen LogP contribution in [0.1, 0.15) is 0 Å². The Hall–Kier alpha value is -4.41. The average Bonchev–Trinajstić information content (AvgIpc) is 2.84. The first kappa shape index (κ1) is 22.4. The zero-order valence-electron chi connectivity index (χ0n) is 17.8. The van der Waals surface area contributed by atoms with Gasteiger partial charge in [-0.2, -0.15) is 5.01 Å². The van der Waals surface area contributed by atoms with Gasteiger partial charge >= 0.3 is 6.03 Å². The Bertz CT molecular complexity index is 1590. The molecule has 0 saturated heterocycles. The van der Waals surface area contributed by atoms with E-state index in [-0.39, 0.29) is 38.9 Å². The van der Waals surface area contributed by atoms with Crippen molar-refractivity contribution in [2.24, 2.45) is 10.8 Å². The van der Waals surface area contributed by atoms with Crippen molar-refractivity contribution >= 4 is 51.7 Å². The number of hydrogen-bond donors (Lipinski definition) is 3. The topological polar surface area (TPSA) is 139 Å². The normalized spacial score (nSPS) is 13.5. The van der Waals surface area contributed by atoms with Gasteiger partial charge in [-0.15, -0.1) is 10.2 Å². The number of anilines is 1. The summed E-state index contributed by atoms with van der Waals surface area (Å²) in [6.07, 6.45) is 1.61. The van der Waals surface area contributed by atoms with E-state index in [2.05, 4.69) is 32.2 Å². The van der Waals surface area contributed by atoms with Gasteiger partial charge in [-0.3, -0.25) is 9.78 Å². The van der Waals surface area contributed by atoms with E-state index in [9.17, 15) is 9.59 Å². The lowest BCUT2D eigenvalue weighted by Crippen LogP contribution is -2.45. The Balaban J connectivity index is 1.54. The summed E-state index contributed by atoms with van der Waals surface area (Å²) >= 11 is 12.9. The minimum absolute atomic E-state index is 0.0308. The van der Waals surface area contributed by atoms with E-state index in [1.54, 1.807) is 6.20 Å². The number of nitrogens with one attached hydrogen (secondary N) is 2. The highest BCUT2D eigenvalue weighted by molar-refractivity contribution is 6.37. The zero-order valence-corrected chi connectivity index (χ0v) is 19.3. The summed E-state index contributed by atoms with van der Waals surface area (Å²) in [7, 11) is 0. The summed E-state index contributed by atoms with van der Waals surface area (Å²) in [5.74, 6) is 0.140. The molecule has 35 heavy (non-hydrogen) atoms. The predicted octanol–water partition coefficient (Wildman–Crippen LogP) is 4.40. The van der Waals surface area contributed by atoms with Crippen molar-refractivity contribution in [2.75, 3.05) is 5.01 Å². The molecule has 0 radical (unpaired) electrons. The van der Waals surface area contributed by atoms with Crippen LogP contribution in [0.3, 0.4) is 0 Å². The van der Waals surface area contributed by atoms with Crippen LogP contribution in [0.15, 0.2) is 76.9 Å². The molecule has 4 aromatic rings. The van der Waals surface area contributed by atoms with Gasteiger partial charge in [0.05, 0.1) is 32.5 Å². The van der Waals surface area contributed by atoms with Crippen molar-refractivity contribution in [3.8, 4) is 22.8 Å². The molecule has 0 fully saturated rings. The van der Waals surface area contributed by atoms with Crippen LogP contribution in [-0.4, -0.2) is 27.0 Å². The van der Waals surface area contributed by atoms with Gasteiger partial charge in [-0.25, -0.2) is 9.89 Å². The maximum absolute atomic E-state index is 12.3. The molecule has 174 valence electrons. The Kier molecular flexibility index (Phi) is 5.59. The number of carbonyl (C=O) groups excluding carboxylic acids is 1. The van der Waals surface area contributed by atoms with Crippen LogP contribution >= 0.6 is 23.2 Å². The van der Waals surface area contributed by atoms with E-state index in [1.807, 2.05) is 30.3 Å². The molecular formula is C23H15Cl2N7O3. The molecule has 2 aromatic heterocycles. The minimum Gasteiger partial charge on any atom is -0.434 e. The van der Waals surface area contributed by atoms with E-state index in [1.165, 1.54) is 18.2 Å². The number of H-pyrrole nitrogens is 1. The Morgan fingerprint density at radius 1 is 1.06 bits per heavy atom. The molecule has 0 unspecified atom stereocenters. The number of halogens is 2. The first-order chi connectivity index (χ1) is 16.8. The number of aromatic nitrogens is 3. The second kappa shape index (κ2) is 8.75. The summed E-state index contributed by atoms with van der Waals surface area (Å²) in [4.78, 5) is 28.8. The largest absolute Gasteiger partial charge is 0.434 e. The van der Waals surface area contributed by atoms with Gasteiger partial charge in [-0.1, -0.05) is 48.0 Å². The number of hydrogen-bond acceptors (Lipinski definition) is 7. The summed E-state index contributed by atoms with van der Waals surface area (Å²) in [5, 5.41) is 14.9. The highest BCUT2D eigenvalue weighted by Crippen LogP contribution is 2.41. The molecule has 0 spiro atoms. The van der Waals surface area contributed by atoms with Crippen LogP contribution in [0.25, 0.3) is 22.0 Å². The number of fused-ring (bicyclic) bond motifs is 1. The first-order valence-corrected chi connectivity index (χ1v) is 10.8. The van der Waals surface area contributed by atoms with Crippen LogP contribution in [0.2, 0.25) is 10.0 Å². The number of rotatable bonds is 4. The maximum atomic E-state index is 12.3. The van der Waals surface area contributed by atoms with Crippen molar-refractivity contribution in [3.05, 3.63) is 87.4 Å². The zero-order chi connectivity index (χ0) is 24.7. The maximum Gasteiger partial charge on any atom is 0.347 e. The standard InChI is InChI=1S/C23H15Cl2N7O3/c1-11-21(26)31-32(23(34)28-11)14-7-16(24)20(17(25)8-14)35-22-15(9-19(33)29-30-22)13-6-12-4-2-3-5-18(12)27-10-13/h2-10H,1H2,(H2,26,31)(H,28,34)(H,29,33). The van der Waals surface area contributed by atoms with Crippen LogP contribution in [0.4, 0.5) is 10.5 Å². The number of hydrazone groups is 1. The highest BCUT2D eigenvalue weighted by Gasteiger charge is 2.25. The number of carbonyl (C=O) groups is 1. The lowest BCUT2D eigenvalue weighted by molar-refractivity contribution is 0.248. The monoisotopic (exact) mass is 507 g/mol. The lowest BCUT2D eigenvalue weighted by Gasteiger charge is -2.24. The van der Waals surface area contributed by atoms with Crippen LogP contribution in [0.5, 0.6) is 11.6 Å². The van der Waals surface area contributed by atoms with Gasteiger partial charge in [0.1, 0.15) is 0 Å². The number of urea groups is 1. The second-order valence-corrected chi connectivity index (χ2v) is 8.23. The van der Waals surface area contributed by atoms with Crippen LogP contribution < -0.4 is 26.4 Å². The van der Waals surface area contributed by atoms with E-state index in [0.29, 0.717) is 11.1 Å². The number of amides is 2. The number of benzene rings is 2. The summed E-state index contributed by atoms with van der Waals surface area (Å²) in [6.45, 7) is 3.60. The number of ether oxygens (including phenoxy) is 1. The third-order valence-corrected chi connectivity index (χ3v) is 5.63. The van der Waals surface area contributed by atoms with Gasteiger partial charge in [0, 0.05) is 23.2 Å². The number of nitrogens with two attached hydrogens (primary N) is 1. The van der Waals surface area contributed by atoms with Crippen molar-refractivity contribution in [1.29, 1.82) is 0 Å². The molecule has 0 aliphatic carbocycles. The Labute approximate surface area is 207 Å². The average molecular weight is 508 g/mol. The molecule has 5 rings (SSSR count). The number of pyridine rings is 1. The van der Waals surface area contributed by atoms with Crippen molar-refractivity contribution in [2.45, 2.75) is 0 Å². The van der Waals surface area contributed by atoms with Crippen molar-refractivity contribution in [3.63, 3.8) is 0 Å². The molecule has 0 saturated carbocycles. The molecular weight excluding hydrogens is 493 g/mol. The smallest absolute Gasteiger partial charge is 0.347 e. The molecule has 1 aliphatic heterocycles. The Morgan fingerprint density at radius 3 is 2.57 bits per heavy atom. The predicted molar refractivity (Wildman–Crippen MR) is 134 cm³/mol. The van der Waals surface area contributed by atoms with E-state index in [0.717, 1.165) is 15.9 Å². The summed E-state index contributed by atoms with van der Waals surface area (Å²) in [6, 6.07) is 13.0. The van der Waals surface area contributed by atoms with Gasteiger partial charge in [0.2, 0.25) is 5.88 Å². The molecule has 2 amide bonds. The fourth-order valence-electron chi connectivity index (χ4n) is 3.39. The van der Waals surface area contributed by atoms with Crippen LogP contribution in [-0.2, 0) is 0 Å². The summed E-state index contributed by atoms with van der Waals surface area (Å²) < 4.78 is 5.93. The molecule has 0 bridgehead atoms. The molecule has 4 N–H and O–H groups in total. The molecule has 3 heterocycles. The Morgan fingerprint density at radius 2 is 1.80 bits per heavy atom. The molecule has 1 aliphatic rings. The second-order valence-electron chi connectivity index (χ2n) is 7.41. The van der Waals surface area contributed by atoms with Crippen molar-refractivity contribution < 1.29 is 9.53 Å². The van der Waals surface area contributed by atoms with E-state index in [4.69, 9.17) is 33.7 Å². The third kappa shape index (κ3) is 4.27. The van der Waals surface area contributed by atoms with Crippen molar-refractivity contribution in [1.82, 2.24) is 20.5 Å². The fourth-order valence-corrected chi connectivity index (χ4v) is 3.94. The van der Waals surface area contributed by atoms with Gasteiger partial charge in [0.15, 0.2) is 11.6 Å². The van der Waals surface area contributed by atoms with E-state index >= 15 is 0 Å². The highest BCUT2D eigenvalue weighted by atomic mass is 35.5. The number of para-hydroxylation sites is 1. The first-order valence-electron chi connectivity index (χ1n) is 10.1. The minimum atomic E-state index is -0.585.